The monoisotopic (exact) mass is 228 g/mol. The van der Waals surface area contributed by atoms with Gasteiger partial charge in [0.15, 0.2) is 0 Å². The average molecular weight is 228 g/mol. The number of rotatable bonds is 6. The van der Waals surface area contributed by atoms with Crippen molar-refractivity contribution in [2.75, 3.05) is 0 Å². The maximum atomic E-state index is 11.4. The summed E-state index contributed by atoms with van der Waals surface area (Å²) in [7, 11) is 0. The molecule has 16 heavy (non-hydrogen) atoms. The van der Waals surface area contributed by atoms with E-state index < -0.39 is 18.0 Å². The van der Waals surface area contributed by atoms with Crippen molar-refractivity contribution in [1.29, 1.82) is 0 Å². The number of carboxylic acids is 1. The van der Waals surface area contributed by atoms with E-state index in [4.69, 9.17) is 5.11 Å². The van der Waals surface area contributed by atoms with Gasteiger partial charge in [0.25, 0.3) is 0 Å². The first kappa shape index (κ1) is 14.5. The number of carbonyl (C=O) groups excluding carboxylic acids is 1. The van der Waals surface area contributed by atoms with Gasteiger partial charge in [0.1, 0.15) is 6.04 Å². The Labute approximate surface area is 95.9 Å². The molecule has 0 bridgehead atoms. The highest BCUT2D eigenvalue weighted by molar-refractivity contribution is 5.82. The molecule has 2 amide bonds. The van der Waals surface area contributed by atoms with Crippen LogP contribution in [0.25, 0.3) is 0 Å². The topological polar surface area (TPSA) is 78.4 Å². The molecule has 0 saturated heterocycles. The van der Waals surface area contributed by atoms with Crippen LogP contribution in [-0.4, -0.2) is 29.2 Å². The smallest absolute Gasteiger partial charge is 0.326 e. The Morgan fingerprint density at radius 2 is 1.88 bits per heavy atom. The van der Waals surface area contributed by atoms with E-state index in [1.165, 1.54) is 0 Å². The number of nitrogens with one attached hydrogen (secondary N) is 2. The zero-order valence-corrected chi connectivity index (χ0v) is 9.99. The molecule has 5 nitrogen and oxygen atoms in total. The number of carboxylic acid groups (broad SMARTS) is 1. The van der Waals surface area contributed by atoms with Gasteiger partial charge in [-0.3, -0.25) is 0 Å². The second-order valence-corrected chi connectivity index (χ2v) is 4.16. The molecule has 0 heterocycles. The second-order valence-electron chi connectivity index (χ2n) is 4.16. The number of urea groups is 1. The molecule has 5 heteroatoms. The molecule has 0 aromatic heterocycles. The molecule has 0 saturated carbocycles. The van der Waals surface area contributed by atoms with Crippen molar-refractivity contribution in [3.63, 3.8) is 0 Å². The lowest BCUT2D eigenvalue weighted by atomic mass is 10.0. The van der Waals surface area contributed by atoms with E-state index in [0.717, 1.165) is 0 Å². The molecule has 1 unspecified atom stereocenters. The second kappa shape index (κ2) is 6.87. The van der Waals surface area contributed by atoms with Gasteiger partial charge in [-0.1, -0.05) is 19.9 Å². The van der Waals surface area contributed by atoms with Crippen LogP contribution in [-0.2, 0) is 4.79 Å². The van der Waals surface area contributed by atoms with Crippen molar-refractivity contribution >= 4 is 12.0 Å². The first-order valence-corrected chi connectivity index (χ1v) is 5.29. The van der Waals surface area contributed by atoms with Crippen LogP contribution in [0.5, 0.6) is 0 Å². The van der Waals surface area contributed by atoms with Gasteiger partial charge in [-0.15, -0.1) is 6.58 Å². The summed E-state index contributed by atoms with van der Waals surface area (Å²) in [4.78, 5) is 22.2. The lowest BCUT2D eigenvalue weighted by Crippen LogP contribution is -2.48. The minimum atomic E-state index is -1.02. The van der Waals surface area contributed by atoms with Crippen LogP contribution >= 0.6 is 0 Å². The number of hydrogen-bond donors (Lipinski definition) is 3. The summed E-state index contributed by atoms with van der Waals surface area (Å²) < 4.78 is 0. The van der Waals surface area contributed by atoms with Crippen LogP contribution in [0.3, 0.4) is 0 Å². The summed E-state index contributed by atoms with van der Waals surface area (Å²) in [5.74, 6) is -0.812. The minimum absolute atomic E-state index is 0.187. The molecule has 0 fully saturated rings. The summed E-state index contributed by atoms with van der Waals surface area (Å²) in [5.41, 5.74) is 0. The van der Waals surface area contributed by atoms with Gasteiger partial charge in [-0.05, 0) is 19.3 Å². The summed E-state index contributed by atoms with van der Waals surface area (Å²) in [5, 5.41) is 13.9. The predicted octanol–water partition coefficient (Wildman–Crippen LogP) is 1.36. The molecule has 0 radical (unpaired) electrons. The van der Waals surface area contributed by atoms with Crippen LogP contribution < -0.4 is 10.6 Å². The fraction of sp³-hybridized carbons (Fsp3) is 0.636. The molecule has 0 aromatic rings. The van der Waals surface area contributed by atoms with Crippen molar-refractivity contribution in [1.82, 2.24) is 10.6 Å². The van der Waals surface area contributed by atoms with E-state index in [1.807, 2.05) is 13.8 Å². The largest absolute Gasteiger partial charge is 0.480 e. The fourth-order valence-corrected chi connectivity index (χ4v) is 1.16. The van der Waals surface area contributed by atoms with E-state index in [-0.39, 0.29) is 12.0 Å². The first-order chi connectivity index (χ1) is 7.36. The van der Waals surface area contributed by atoms with Crippen LogP contribution in [0.1, 0.15) is 27.2 Å². The van der Waals surface area contributed by atoms with Gasteiger partial charge < -0.3 is 15.7 Å². The van der Waals surface area contributed by atoms with Crippen molar-refractivity contribution in [2.24, 2.45) is 5.92 Å². The quantitative estimate of drug-likeness (QED) is 0.601. The maximum absolute atomic E-state index is 11.4. The highest BCUT2D eigenvalue weighted by Crippen LogP contribution is 2.04. The van der Waals surface area contributed by atoms with Gasteiger partial charge in [0.05, 0.1) is 0 Å². The molecule has 92 valence electrons. The van der Waals surface area contributed by atoms with Gasteiger partial charge >= 0.3 is 12.0 Å². The number of amides is 2. The third kappa shape index (κ3) is 6.06. The van der Waals surface area contributed by atoms with Gasteiger partial charge in [0, 0.05) is 6.04 Å². The van der Waals surface area contributed by atoms with E-state index in [1.54, 1.807) is 13.0 Å². The molecular formula is C11H20N2O3. The molecule has 0 spiro atoms. The van der Waals surface area contributed by atoms with E-state index in [2.05, 4.69) is 17.2 Å². The zero-order chi connectivity index (χ0) is 12.7. The third-order valence-corrected chi connectivity index (χ3v) is 2.02. The number of carbonyl (C=O) groups is 2. The Morgan fingerprint density at radius 3 is 2.25 bits per heavy atom. The molecule has 0 aromatic carbocycles. The zero-order valence-electron chi connectivity index (χ0n) is 9.99. The van der Waals surface area contributed by atoms with Crippen molar-refractivity contribution < 1.29 is 14.7 Å². The minimum Gasteiger partial charge on any atom is -0.480 e. The number of hydrogen-bond acceptors (Lipinski definition) is 2. The highest BCUT2D eigenvalue weighted by atomic mass is 16.4. The van der Waals surface area contributed by atoms with Crippen molar-refractivity contribution in [3.05, 3.63) is 12.7 Å². The SMILES string of the molecule is C=CC(C)NC(=O)N[C@H](CC(C)C)C(=O)O. The molecule has 0 aliphatic rings. The van der Waals surface area contributed by atoms with E-state index >= 15 is 0 Å². The van der Waals surface area contributed by atoms with Crippen molar-refractivity contribution in [2.45, 2.75) is 39.3 Å². The van der Waals surface area contributed by atoms with Gasteiger partial charge in [0.2, 0.25) is 0 Å². The molecule has 3 N–H and O–H groups in total. The van der Waals surface area contributed by atoms with E-state index in [9.17, 15) is 9.59 Å². The predicted molar refractivity (Wildman–Crippen MR) is 62.2 cm³/mol. The Kier molecular flexibility index (Phi) is 6.22. The summed E-state index contributed by atoms with van der Waals surface area (Å²) >= 11 is 0. The summed E-state index contributed by atoms with van der Waals surface area (Å²) in [6, 6.07) is -1.52. The average Bonchev–Trinajstić information content (AvgIpc) is 2.15. The Morgan fingerprint density at radius 1 is 1.31 bits per heavy atom. The van der Waals surface area contributed by atoms with Crippen LogP contribution in [0.2, 0.25) is 0 Å². The number of aliphatic carboxylic acids is 1. The molecule has 2 atom stereocenters. The Balaban J connectivity index is 4.23. The molecule has 0 rings (SSSR count). The fourth-order valence-electron chi connectivity index (χ4n) is 1.16. The van der Waals surface area contributed by atoms with Gasteiger partial charge in [-0.25, -0.2) is 9.59 Å². The van der Waals surface area contributed by atoms with Crippen LogP contribution in [0.4, 0.5) is 4.79 Å². The molecule has 0 aliphatic carbocycles. The third-order valence-electron chi connectivity index (χ3n) is 2.02. The molecular weight excluding hydrogens is 208 g/mol. The maximum Gasteiger partial charge on any atom is 0.326 e. The first-order valence-electron chi connectivity index (χ1n) is 5.29. The summed E-state index contributed by atoms with van der Waals surface area (Å²) in [6.07, 6.45) is 1.98. The van der Waals surface area contributed by atoms with Crippen LogP contribution in [0, 0.1) is 5.92 Å². The Hall–Kier alpha value is -1.52. The summed E-state index contributed by atoms with van der Waals surface area (Å²) in [6.45, 7) is 9.08. The highest BCUT2D eigenvalue weighted by Gasteiger charge is 2.21. The van der Waals surface area contributed by atoms with Crippen LogP contribution in [0.15, 0.2) is 12.7 Å². The van der Waals surface area contributed by atoms with Gasteiger partial charge in [-0.2, -0.15) is 0 Å². The molecule has 0 aliphatic heterocycles. The normalized spacial score (nSPS) is 14.0. The van der Waals surface area contributed by atoms with Crippen molar-refractivity contribution in [3.8, 4) is 0 Å². The lowest BCUT2D eigenvalue weighted by Gasteiger charge is -2.18. The Bertz CT molecular complexity index is 264. The lowest BCUT2D eigenvalue weighted by molar-refractivity contribution is -0.139. The standard InChI is InChI=1S/C11H20N2O3/c1-5-8(4)12-11(16)13-9(10(14)15)6-7(2)3/h5,7-9H,1,6H2,2-4H3,(H,14,15)(H2,12,13,16)/t8?,9-/m1/s1. The van der Waals surface area contributed by atoms with E-state index in [0.29, 0.717) is 6.42 Å².